The molecule has 4 nitrogen and oxygen atoms in total. The van der Waals surface area contributed by atoms with Gasteiger partial charge in [-0.25, -0.2) is 4.39 Å². The lowest BCUT2D eigenvalue weighted by molar-refractivity contribution is -0.120. The van der Waals surface area contributed by atoms with E-state index in [2.05, 4.69) is 22.1 Å². The molecule has 0 atom stereocenters. The van der Waals surface area contributed by atoms with Crippen molar-refractivity contribution < 1.29 is 14.0 Å². The number of thiophene rings is 1. The second-order valence-electron chi connectivity index (χ2n) is 6.40. The van der Waals surface area contributed by atoms with E-state index in [9.17, 15) is 14.0 Å². The first-order valence-corrected chi connectivity index (χ1v) is 9.32. The maximum atomic E-state index is 13.6. The molecule has 1 heterocycles. The number of hydrogen-bond donors (Lipinski definition) is 2. The average molecular weight is 360 g/mol. The zero-order valence-corrected chi connectivity index (χ0v) is 14.7. The lowest BCUT2D eigenvalue weighted by Crippen LogP contribution is -2.43. The van der Waals surface area contributed by atoms with Crippen LogP contribution in [0, 0.1) is 5.82 Å². The molecule has 0 aliphatic heterocycles. The van der Waals surface area contributed by atoms with Gasteiger partial charge in [0.2, 0.25) is 5.91 Å². The molecule has 1 aliphatic rings. The molecule has 0 bridgehead atoms. The van der Waals surface area contributed by atoms with Gasteiger partial charge in [-0.15, -0.1) is 11.3 Å². The first-order chi connectivity index (χ1) is 12.1. The minimum atomic E-state index is -0.594. The monoisotopic (exact) mass is 360 g/mol. The van der Waals surface area contributed by atoms with Crippen LogP contribution in [0.1, 0.15) is 40.9 Å². The molecule has 3 rings (SSSR count). The van der Waals surface area contributed by atoms with E-state index in [1.807, 2.05) is 6.07 Å². The minimum absolute atomic E-state index is 0.0133. The molecule has 1 saturated carbocycles. The Morgan fingerprint density at radius 1 is 1.08 bits per heavy atom. The highest BCUT2D eigenvalue weighted by Crippen LogP contribution is 2.42. The van der Waals surface area contributed by atoms with Gasteiger partial charge in [-0.05, 0) is 36.4 Å². The van der Waals surface area contributed by atoms with Crippen molar-refractivity contribution in [2.45, 2.75) is 31.1 Å². The Morgan fingerprint density at radius 3 is 2.52 bits per heavy atom. The highest BCUT2D eigenvalue weighted by molar-refractivity contribution is 7.10. The van der Waals surface area contributed by atoms with Crippen LogP contribution in [0.4, 0.5) is 4.39 Å². The summed E-state index contributed by atoms with van der Waals surface area (Å²) in [5, 5.41) is 7.47. The summed E-state index contributed by atoms with van der Waals surface area (Å²) in [6.07, 6.45) is 4.46. The van der Waals surface area contributed by atoms with Crippen LogP contribution in [0.5, 0.6) is 0 Å². The van der Waals surface area contributed by atoms with Crippen LogP contribution < -0.4 is 10.6 Å². The van der Waals surface area contributed by atoms with Crippen LogP contribution in [-0.4, -0.2) is 24.9 Å². The van der Waals surface area contributed by atoms with Gasteiger partial charge in [0.05, 0.1) is 12.1 Å². The van der Waals surface area contributed by atoms with Crippen molar-refractivity contribution in [3.05, 3.63) is 58.0 Å². The van der Waals surface area contributed by atoms with Gasteiger partial charge >= 0.3 is 0 Å². The quantitative estimate of drug-likeness (QED) is 0.831. The number of nitrogens with one attached hydrogen (secondary N) is 2. The normalized spacial score (nSPS) is 15.7. The van der Waals surface area contributed by atoms with E-state index in [-0.39, 0.29) is 23.4 Å². The summed E-state index contributed by atoms with van der Waals surface area (Å²) in [7, 11) is 0. The number of rotatable bonds is 6. The second-order valence-corrected chi connectivity index (χ2v) is 7.35. The first kappa shape index (κ1) is 17.6. The van der Waals surface area contributed by atoms with E-state index in [1.54, 1.807) is 17.4 Å². The van der Waals surface area contributed by atoms with Gasteiger partial charge in [0, 0.05) is 16.8 Å². The van der Waals surface area contributed by atoms with Crippen LogP contribution in [0.2, 0.25) is 0 Å². The Hall–Kier alpha value is -2.21. The van der Waals surface area contributed by atoms with Crippen molar-refractivity contribution in [2.75, 3.05) is 13.1 Å². The number of amides is 2. The lowest BCUT2D eigenvalue weighted by atomic mass is 9.84. The zero-order chi connectivity index (χ0) is 17.7. The predicted molar refractivity (Wildman–Crippen MR) is 96.2 cm³/mol. The van der Waals surface area contributed by atoms with Gasteiger partial charge in [-0.3, -0.25) is 9.59 Å². The molecule has 2 amide bonds. The number of carbonyl (C=O) groups is 2. The Morgan fingerprint density at radius 2 is 1.84 bits per heavy atom. The van der Waals surface area contributed by atoms with E-state index in [4.69, 9.17) is 0 Å². The van der Waals surface area contributed by atoms with Crippen molar-refractivity contribution in [2.24, 2.45) is 0 Å². The number of hydrogen-bond acceptors (Lipinski definition) is 3. The largest absolute Gasteiger partial charge is 0.354 e. The summed E-state index contributed by atoms with van der Waals surface area (Å²) in [6.45, 7) is 0.412. The second kappa shape index (κ2) is 7.78. The molecule has 0 spiro atoms. The molecule has 0 radical (unpaired) electrons. The van der Waals surface area contributed by atoms with Crippen LogP contribution in [0.15, 0.2) is 41.8 Å². The van der Waals surface area contributed by atoms with Crippen LogP contribution in [0.3, 0.4) is 0 Å². The van der Waals surface area contributed by atoms with E-state index >= 15 is 0 Å². The van der Waals surface area contributed by atoms with Gasteiger partial charge in [-0.1, -0.05) is 31.0 Å². The molecule has 2 N–H and O–H groups in total. The standard InChI is InChI=1S/C19H21FN2O2S/c20-15-7-2-1-6-14(15)18(24)21-12-17(23)22-13-19(9-3-4-10-19)16-8-5-11-25-16/h1-2,5-8,11H,3-4,9-10,12-13H2,(H,21,24)(H,22,23). The summed E-state index contributed by atoms with van der Waals surface area (Å²) in [6, 6.07) is 9.89. The summed E-state index contributed by atoms with van der Waals surface area (Å²) in [4.78, 5) is 25.4. The maximum Gasteiger partial charge on any atom is 0.254 e. The van der Waals surface area contributed by atoms with Gasteiger partial charge < -0.3 is 10.6 Å². The van der Waals surface area contributed by atoms with Crippen molar-refractivity contribution in [1.29, 1.82) is 0 Å². The SMILES string of the molecule is O=C(CNC(=O)c1ccccc1F)NCC1(c2cccs2)CCCC1. The minimum Gasteiger partial charge on any atom is -0.354 e. The average Bonchev–Trinajstić information content (AvgIpc) is 3.30. The third kappa shape index (κ3) is 4.07. The number of benzene rings is 1. The zero-order valence-electron chi connectivity index (χ0n) is 13.9. The molecule has 0 unspecified atom stereocenters. The van der Waals surface area contributed by atoms with Crippen molar-refractivity contribution >= 4 is 23.2 Å². The molecule has 1 aromatic carbocycles. The highest BCUT2D eigenvalue weighted by atomic mass is 32.1. The van der Waals surface area contributed by atoms with Gasteiger partial charge in [0.25, 0.3) is 5.91 Å². The van der Waals surface area contributed by atoms with E-state index in [0.29, 0.717) is 6.54 Å². The molecule has 132 valence electrons. The Balaban J connectivity index is 1.53. The van der Waals surface area contributed by atoms with Crippen molar-refractivity contribution in [3.8, 4) is 0 Å². The van der Waals surface area contributed by atoms with E-state index in [0.717, 1.165) is 25.7 Å². The molecule has 6 heteroatoms. The Kier molecular flexibility index (Phi) is 5.48. The molecule has 25 heavy (non-hydrogen) atoms. The fourth-order valence-electron chi connectivity index (χ4n) is 3.37. The summed E-state index contributed by atoms with van der Waals surface area (Å²) >= 11 is 1.73. The predicted octanol–water partition coefficient (Wildman–Crippen LogP) is 3.25. The van der Waals surface area contributed by atoms with E-state index < -0.39 is 11.7 Å². The van der Waals surface area contributed by atoms with Crippen LogP contribution in [0.25, 0.3) is 0 Å². The third-order valence-corrected chi connectivity index (χ3v) is 5.87. The fraction of sp³-hybridized carbons (Fsp3) is 0.368. The molecule has 0 saturated heterocycles. The summed E-state index contributed by atoms with van der Waals surface area (Å²) in [5.74, 6) is -1.43. The molecule has 1 aliphatic carbocycles. The summed E-state index contributed by atoms with van der Waals surface area (Å²) < 4.78 is 13.6. The van der Waals surface area contributed by atoms with E-state index in [1.165, 1.54) is 23.1 Å². The van der Waals surface area contributed by atoms with Crippen molar-refractivity contribution in [3.63, 3.8) is 0 Å². The third-order valence-electron chi connectivity index (χ3n) is 4.76. The molecule has 1 aromatic heterocycles. The molecular formula is C19H21FN2O2S. The van der Waals surface area contributed by atoms with Crippen LogP contribution >= 0.6 is 11.3 Å². The number of halogens is 1. The first-order valence-electron chi connectivity index (χ1n) is 8.44. The Bertz CT molecular complexity index is 740. The molecule has 1 fully saturated rings. The summed E-state index contributed by atoms with van der Waals surface area (Å²) in [5.41, 5.74) is -0.0412. The topological polar surface area (TPSA) is 58.2 Å². The van der Waals surface area contributed by atoms with Gasteiger partial charge in [0.15, 0.2) is 0 Å². The van der Waals surface area contributed by atoms with Crippen molar-refractivity contribution in [1.82, 2.24) is 10.6 Å². The fourth-order valence-corrected chi connectivity index (χ4v) is 4.36. The molecular weight excluding hydrogens is 339 g/mol. The maximum absolute atomic E-state index is 13.6. The van der Waals surface area contributed by atoms with Gasteiger partial charge in [0.1, 0.15) is 5.82 Å². The highest BCUT2D eigenvalue weighted by Gasteiger charge is 2.36. The lowest BCUT2D eigenvalue weighted by Gasteiger charge is -2.28. The number of carbonyl (C=O) groups excluding carboxylic acids is 2. The smallest absolute Gasteiger partial charge is 0.254 e. The Labute approximate surface area is 150 Å². The van der Waals surface area contributed by atoms with Gasteiger partial charge in [-0.2, -0.15) is 0 Å². The molecule has 2 aromatic rings. The van der Waals surface area contributed by atoms with Crippen LogP contribution in [-0.2, 0) is 10.2 Å².